The molecule has 0 aliphatic heterocycles. The normalized spacial score (nSPS) is 17.0. The van der Waals surface area contributed by atoms with Crippen molar-refractivity contribution in [3.63, 3.8) is 0 Å². The summed E-state index contributed by atoms with van der Waals surface area (Å²) >= 11 is 1.78. The molecule has 2 nitrogen and oxygen atoms in total. The van der Waals surface area contributed by atoms with Gasteiger partial charge in [-0.3, -0.25) is 0 Å². The molecule has 1 unspecified atom stereocenters. The summed E-state index contributed by atoms with van der Waals surface area (Å²) in [6.07, 6.45) is 2.58. The van der Waals surface area contributed by atoms with Gasteiger partial charge in [-0.2, -0.15) is 0 Å². The molecule has 0 saturated heterocycles. The molecule has 1 aliphatic rings. The number of benzene rings is 1. The number of rotatable bonds is 4. The van der Waals surface area contributed by atoms with E-state index in [-0.39, 0.29) is 11.5 Å². The van der Waals surface area contributed by atoms with Crippen molar-refractivity contribution in [2.24, 2.45) is 0 Å². The van der Waals surface area contributed by atoms with Gasteiger partial charge in [-0.15, -0.1) is 11.3 Å². The SMILES string of the molecule is Cc1cccc(C(NC2CC2)c2nc(C(C)(C)C)cs2)c1. The zero-order valence-electron chi connectivity index (χ0n) is 13.3. The molecule has 1 aliphatic carbocycles. The van der Waals surface area contributed by atoms with E-state index in [1.54, 1.807) is 11.3 Å². The second-order valence-corrected chi connectivity index (χ2v) is 8.00. The maximum Gasteiger partial charge on any atom is 0.114 e. The molecule has 21 heavy (non-hydrogen) atoms. The molecule has 2 aromatic rings. The highest BCUT2D eigenvalue weighted by Gasteiger charge is 2.29. The highest BCUT2D eigenvalue weighted by Crippen LogP contribution is 2.33. The predicted octanol–water partition coefficient (Wildman–Crippen LogP) is 4.59. The topological polar surface area (TPSA) is 24.9 Å². The maximum absolute atomic E-state index is 4.92. The fourth-order valence-corrected chi connectivity index (χ4v) is 3.54. The molecule has 3 rings (SSSR count). The molecular weight excluding hydrogens is 276 g/mol. The van der Waals surface area contributed by atoms with Gasteiger partial charge in [-0.25, -0.2) is 4.98 Å². The largest absolute Gasteiger partial charge is 0.301 e. The first-order chi connectivity index (χ1) is 9.93. The Morgan fingerprint density at radius 2 is 2.05 bits per heavy atom. The highest BCUT2D eigenvalue weighted by molar-refractivity contribution is 7.09. The van der Waals surface area contributed by atoms with E-state index >= 15 is 0 Å². The molecule has 0 amide bonds. The van der Waals surface area contributed by atoms with E-state index in [0.29, 0.717) is 6.04 Å². The standard InChI is InChI=1S/C18H24N2S/c1-12-6-5-7-13(10-12)16(19-14-8-9-14)17-20-15(11-21-17)18(2,3)4/h5-7,10-11,14,16,19H,8-9H2,1-4H3. The van der Waals surface area contributed by atoms with Crippen LogP contribution in [0.2, 0.25) is 0 Å². The van der Waals surface area contributed by atoms with E-state index in [9.17, 15) is 0 Å². The number of thiazole rings is 1. The van der Waals surface area contributed by atoms with Crippen molar-refractivity contribution in [1.29, 1.82) is 0 Å². The van der Waals surface area contributed by atoms with Gasteiger partial charge in [-0.05, 0) is 25.3 Å². The van der Waals surface area contributed by atoms with E-state index in [0.717, 1.165) is 0 Å². The summed E-state index contributed by atoms with van der Waals surface area (Å²) < 4.78 is 0. The van der Waals surface area contributed by atoms with Gasteiger partial charge in [0.2, 0.25) is 0 Å². The molecular formula is C18H24N2S. The number of hydrogen-bond acceptors (Lipinski definition) is 3. The highest BCUT2D eigenvalue weighted by atomic mass is 32.1. The van der Waals surface area contributed by atoms with Crippen molar-refractivity contribution in [2.45, 2.75) is 58.0 Å². The van der Waals surface area contributed by atoms with Crippen LogP contribution in [-0.4, -0.2) is 11.0 Å². The minimum absolute atomic E-state index is 0.117. The first-order valence-corrected chi connectivity index (χ1v) is 8.60. The molecule has 1 N–H and O–H groups in total. The number of aromatic nitrogens is 1. The quantitative estimate of drug-likeness (QED) is 0.893. The van der Waals surface area contributed by atoms with E-state index in [4.69, 9.17) is 4.98 Å². The average Bonchev–Trinajstić information content (AvgIpc) is 3.08. The predicted molar refractivity (Wildman–Crippen MR) is 90.0 cm³/mol. The van der Waals surface area contributed by atoms with Gasteiger partial charge in [0, 0.05) is 16.8 Å². The lowest BCUT2D eigenvalue weighted by Crippen LogP contribution is -2.24. The molecule has 0 bridgehead atoms. The van der Waals surface area contributed by atoms with Crippen LogP contribution in [0.1, 0.15) is 61.5 Å². The second kappa shape index (κ2) is 5.54. The van der Waals surface area contributed by atoms with E-state index < -0.39 is 0 Å². The Morgan fingerprint density at radius 1 is 1.29 bits per heavy atom. The van der Waals surface area contributed by atoms with Gasteiger partial charge in [0.1, 0.15) is 5.01 Å². The summed E-state index contributed by atoms with van der Waals surface area (Å²) in [6.45, 7) is 8.82. The molecule has 1 saturated carbocycles. The Labute approximate surface area is 131 Å². The van der Waals surface area contributed by atoms with Gasteiger partial charge in [-0.1, -0.05) is 50.6 Å². The summed E-state index contributed by atoms with van der Waals surface area (Å²) in [6, 6.07) is 9.68. The van der Waals surface area contributed by atoms with Crippen LogP contribution >= 0.6 is 11.3 Å². The van der Waals surface area contributed by atoms with Crippen LogP contribution in [-0.2, 0) is 5.41 Å². The van der Waals surface area contributed by atoms with Crippen LogP contribution in [0.15, 0.2) is 29.6 Å². The van der Waals surface area contributed by atoms with Crippen LogP contribution in [0.3, 0.4) is 0 Å². The first-order valence-electron chi connectivity index (χ1n) is 7.72. The zero-order chi connectivity index (χ0) is 15.0. The lowest BCUT2D eigenvalue weighted by molar-refractivity contribution is 0.557. The Bertz CT molecular complexity index is 620. The summed E-state index contributed by atoms with van der Waals surface area (Å²) in [5, 5.41) is 7.17. The van der Waals surface area contributed by atoms with Gasteiger partial charge < -0.3 is 5.32 Å². The average molecular weight is 300 g/mol. The maximum atomic E-state index is 4.92. The van der Waals surface area contributed by atoms with Gasteiger partial charge >= 0.3 is 0 Å². The van der Waals surface area contributed by atoms with Crippen LogP contribution in [0.4, 0.5) is 0 Å². The fourth-order valence-electron chi connectivity index (χ4n) is 2.41. The minimum Gasteiger partial charge on any atom is -0.301 e. The third-order valence-electron chi connectivity index (χ3n) is 3.89. The molecule has 112 valence electrons. The Hall–Kier alpha value is -1.19. The van der Waals surface area contributed by atoms with Gasteiger partial charge in [0.15, 0.2) is 0 Å². The van der Waals surface area contributed by atoms with Crippen LogP contribution in [0.5, 0.6) is 0 Å². The van der Waals surface area contributed by atoms with Crippen LogP contribution in [0, 0.1) is 6.92 Å². The van der Waals surface area contributed by atoms with Crippen molar-refractivity contribution >= 4 is 11.3 Å². The summed E-state index contributed by atoms with van der Waals surface area (Å²) in [4.78, 5) is 4.92. The third-order valence-corrected chi connectivity index (χ3v) is 4.80. The summed E-state index contributed by atoms with van der Waals surface area (Å²) in [5.74, 6) is 0. The zero-order valence-corrected chi connectivity index (χ0v) is 14.1. The van der Waals surface area contributed by atoms with E-state index in [1.807, 2.05) is 0 Å². The smallest absolute Gasteiger partial charge is 0.114 e. The van der Waals surface area contributed by atoms with Crippen molar-refractivity contribution in [3.05, 3.63) is 51.5 Å². The molecule has 1 aromatic heterocycles. The first kappa shape index (κ1) is 14.7. The number of aryl methyl sites for hydroxylation is 1. The van der Waals surface area contributed by atoms with Crippen LogP contribution < -0.4 is 5.32 Å². The molecule has 1 atom stereocenters. The van der Waals surface area contributed by atoms with Crippen molar-refractivity contribution in [2.75, 3.05) is 0 Å². The fraction of sp³-hybridized carbons (Fsp3) is 0.500. The minimum atomic E-state index is 0.117. The van der Waals surface area contributed by atoms with Crippen molar-refractivity contribution in [1.82, 2.24) is 10.3 Å². The van der Waals surface area contributed by atoms with Gasteiger partial charge in [0.05, 0.1) is 11.7 Å². The van der Waals surface area contributed by atoms with Crippen molar-refractivity contribution < 1.29 is 0 Å². The second-order valence-electron chi connectivity index (χ2n) is 7.11. The number of nitrogens with zero attached hydrogens (tertiary/aromatic N) is 1. The number of nitrogens with one attached hydrogen (secondary N) is 1. The molecule has 3 heteroatoms. The van der Waals surface area contributed by atoms with E-state index in [1.165, 1.54) is 34.7 Å². The Morgan fingerprint density at radius 3 is 2.62 bits per heavy atom. The Balaban J connectivity index is 1.93. The summed E-state index contributed by atoms with van der Waals surface area (Å²) in [5.41, 5.74) is 3.95. The molecule has 1 fully saturated rings. The monoisotopic (exact) mass is 300 g/mol. The van der Waals surface area contributed by atoms with Crippen molar-refractivity contribution in [3.8, 4) is 0 Å². The molecule has 1 heterocycles. The molecule has 0 radical (unpaired) electrons. The molecule has 0 spiro atoms. The Kier molecular flexibility index (Phi) is 3.89. The molecule has 1 aromatic carbocycles. The number of hydrogen-bond donors (Lipinski definition) is 1. The van der Waals surface area contributed by atoms with Gasteiger partial charge in [0.25, 0.3) is 0 Å². The summed E-state index contributed by atoms with van der Waals surface area (Å²) in [7, 11) is 0. The lowest BCUT2D eigenvalue weighted by Gasteiger charge is -2.18. The van der Waals surface area contributed by atoms with E-state index in [2.05, 4.69) is 62.7 Å². The lowest BCUT2D eigenvalue weighted by atomic mass is 9.93. The third kappa shape index (κ3) is 3.53. The van der Waals surface area contributed by atoms with Crippen LogP contribution in [0.25, 0.3) is 0 Å².